The van der Waals surface area contributed by atoms with Crippen LogP contribution in [-0.2, 0) is 14.3 Å². The summed E-state index contributed by atoms with van der Waals surface area (Å²) in [6, 6.07) is 20.6. The van der Waals surface area contributed by atoms with Crippen molar-refractivity contribution in [2.75, 3.05) is 13.2 Å². The minimum absolute atomic E-state index is 0.192. The second kappa shape index (κ2) is 9.19. The molecule has 0 aromatic heterocycles. The zero-order chi connectivity index (χ0) is 19.2. The van der Waals surface area contributed by atoms with Gasteiger partial charge in [0.25, 0.3) is 0 Å². The molecule has 1 saturated heterocycles. The third-order valence-electron chi connectivity index (χ3n) is 5.22. The average Bonchev–Trinajstić information content (AvgIpc) is 3.46. The van der Waals surface area contributed by atoms with E-state index in [1.54, 1.807) is 0 Å². The fourth-order valence-corrected chi connectivity index (χ4v) is 5.48. The number of rotatable bonds is 9. The zero-order valence-corrected chi connectivity index (χ0v) is 17.7. The number of allylic oxidation sites excluding steroid dienone is 2. The SMILES string of the molecule is O=C(CC1(CC/C=C(/c2ccccc2)C2CC2)OCCO1)[Se]c1ccccc1. The number of ether oxygens (including phenoxy) is 2. The fourth-order valence-electron chi connectivity index (χ4n) is 3.70. The molecule has 0 atom stereocenters. The molecule has 1 aliphatic heterocycles. The van der Waals surface area contributed by atoms with Crippen LogP contribution < -0.4 is 4.46 Å². The Labute approximate surface area is 173 Å². The van der Waals surface area contributed by atoms with Crippen LogP contribution in [-0.4, -0.2) is 38.6 Å². The van der Waals surface area contributed by atoms with Crippen molar-refractivity contribution in [2.24, 2.45) is 5.92 Å². The Hall–Kier alpha value is -1.71. The number of benzene rings is 2. The van der Waals surface area contributed by atoms with Crippen LogP contribution in [0.15, 0.2) is 66.7 Å². The van der Waals surface area contributed by atoms with Crippen LogP contribution in [0.1, 0.15) is 37.7 Å². The third-order valence-corrected chi connectivity index (χ3v) is 7.06. The summed E-state index contributed by atoms with van der Waals surface area (Å²) in [4.78, 5) is 12.7. The van der Waals surface area contributed by atoms with Gasteiger partial charge < -0.3 is 0 Å². The molecule has 1 saturated carbocycles. The molecule has 146 valence electrons. The second-order valence-electron chi connectivity index (χ2n) is 7.41. The normalized spacial score (nSPS) is 18.9. The van der Waals surface area contributed by atoms with Gasteiger partial charge in [0.2, 0.25) is 0 Å². The van der Waals surface area contributed by atoms with Gasteiger partial charge >= 0.3 is 173 Å². The standard InChI is InChI=1S/C24H26O3Se/c25-23(28-21-10-5-2-6-11-21)18-24(26-16-17-27-24)15-7-12-22(20-13-14-20)19-8-3-1-4-9-19/h1-6,8-12,20H,7,13-18H2/b22-12-. The predicted molar refractivity (Wildman–Crippen MR) is 112 cm³/mol. The van der Waals surface area contributed by atoms with Gasteiger partial charge in [-0.15, -0.1) is 0 Å². The summed E-state index contributed by atoms with van der Waals surface area (Å²) in [6.45, 7) is 1.15. The number of hydrogen-bond donors (Lipinski definition) is 0. The van der Waals surface area contributed by atoms with Crippen molar-refractivity contribution in [2.45, 2.75) is 37.9 Å². The maximum atomic E-state index is 12.7. The summed E-state index contributed by atoms with van der Waals surface area (Å²) in [6.07, 6.45) is 6.83. The van der Waals surface area contributed by atoms with Gasteiger partial charge in [0.15, 0.2) is 0 Å². The van der Waals surface area contributed by atoms with Crippen LogP contribution in [0.3, 0.4) is 0 Å². The van der Waals surface area contributed by atoms with Crippen molar-refractivity contribution in [3.8, 4) is 0 Å². The Bertz CT molecular complexity index is 806. The van der Waals surface area contributed by atoms with Crippen LogP contribution in [0, 0.1) is 5.92 Å². The van der Waals surface area contributed by atoms with Gasteiger partial charge in [0.1, 0.15) is 0 Å². The van der Waals surface area contributed by atoms with Crippen LogP contribution in [0.25, 0.3) is 5.57 Å². The van der Waals surface area contributed by atoms with Gasteiger partial charge in [0.05, 0.1) is 0 Å². The molecule has 28 heavy (non-hydrogen) atoms. The molecule has 3 nitrogen and oxygen atoms in total. The van der Waals surface area contributed by atoms with E-state index in [2.05, 4.69) is 36.4 Å². The van der Waals surface area contributed by atoms with E-state index in [0.717, 1.165) is 17.3 Å². The molecule has 4 heteroatoms. The molecule has 0 amide bonds. The summed E-state index contributed by atoms with van der Waals surface area (Å²) in [5.74, 6) is -0.0538. The van der Waals surface area contributed by atoms with Gasteiger partial charge in [-0.3, -0.25) is 0 Å². The molecular weight excluding hydrogens is 415 g/mol. The van der Waals surface area contributed by atoms with E-state index in [4.69, 9.17) is 9.47 Å². The molecule has 0 unspecified atom stereocenters. The van der Waals surface area contributed by atoms with E-state index in [0.29, 0.717) is 25.6 Å². The summed E-state index contributed by atoms with van der Waals surface area (Å²) in [7, 11) is 0. The molecule has 1 heterocycles. The molecule has 4 rings (SSSR count). The molecule has 1 aliphatic carbocycles. The van der Waals surface area contributed by atoms with E-state index in [-0.39, 0.29) is 19.6 Å². The molecule has 2 aromatic carbocycles. The minimum atomic E-state index is -0.741. The molecule has 0 N–H and O–H groups in total. The van der Waals surface area contributed by atoms with Crippen LogP contribution in [0.5, 0.6) is 0 Å². The van der Waals surface area contributed by atoms with Gasteiger partial charge in [-0.2, -0.15) is 0 Å². The van der Waals surface area contributed by atoms with Gasteiger partial charge in [-0.05, 0) is 0 Å². The molecule has 0 bridgehead atoms. The summed E-state index contributed by atoms with van der Waals surface area (Å²) in [5, 5.41) is 0. The van der Waals surface area contributed by atoms with Crippen molar-refractivity contribution in [3.05, 3.63) is 72.3 Å². The third kappa shape index (κ3) is 5.21. The topological polar surface area (TPSA) is 35.5 Å². The van der Waals surface area contributed by atoms with Crippen molar-refractivity contribution in [3.63, 3.8) is 0 Å². The number of hydrogen-bond acceptors (Lipinski definition) is 3. The molecule has 0 radical (unpaired) electrons. The first-order valence-corrected chi connectivity index (χ1v) is 11.7. The van der Waals surface area contributed by atoms with E-state index in [9.17, 15) is 4.79 Å². The van der Waals surface area contributed by atoms with E-state index in [1.165, 1.54) is 24.0 Å². The summed E-state index contributed by atoms with van der Waals surface area (Å²) >= 11 is -0.192. The molecule has 2 aliphatic rings. The van der Waals surface area contributed by atoms with Crippen molar-refractivity contribution in [1.82, 2.24) is 0 Å². The molecule has 2 fully saturated rings. The Kier molecular flexibility index (Phi) is 6.43. The van der Waals surface area contributed by atoms with Crippen LogP contribution in [0.2, 0.25) is 0 Å². The predicted octanol–water partition coefficient (Wildman–Crippen LogP) is 3.95. The fraction of sp³-hybridized carbons (Fsp3) is 0.375. The monoisotopic (exact) mass is 442 g/mol. The maximum absolute atomic E-state index is 12.7. The number of carbonyl (C=O) groups excluding carboxylic acids is 1. The molecular formula is C24H26O3Se. The van der Waals surface area contributed by atoms with Gasteiger partial charge in [-0.1, -0.05) is 0 Å². The Balaban J connectivity index is 1.39. The Morgan fingerprint density at radius 2 is 1.64 bits per heavy atom. The van der Waals surface area contributed by atoms with Crippen LogP contribution >= 0.6 is 0 Å². The van der Waals surface area contributed by atoms with Crippen molar-refractivity contribution in [1.29, 1.82) is 0 Å². The Morgan fingerprint density at radius 1 is 1.00 bits per heavy atom. The Morgan fingerprint density at radius 3 is 2.29 bits per heavy atom. The van der Waals surface area contributed by atoms with Crippen molar-refractivity contribution < 1.29 is 14.3 Å². The first-order valence-electron chi connectivity index (χ1n) is 10.0. The van der Waals surface area contributed by atoms with Crippen LogP contribution in [0.4, 0.5) is 0 Å². The first-order chi connectivity index (χ1) is 13.7. The molecule has 0 spiro atoms. The van der Waals surface area contributed by atoms with Crippen molar-refractivity contribution >= 4 is 29.7 Å². The second-order valence-corrected chi connectivity index (χ2v) is 9.78. The molecule has 2 aromatic rings. The summed E-state index contributed by atoms with van der Waals surface area (Å²) in [5.41, 5.74) is 2.75. The van der Waals surface area contributed by atoms with E-state index >= 15 is 0 Å². The first kappa shape index (κ1) is 19.6. The van der Waals surface area contributed by atoms with E-state index in [1.807, 2.05) is 30.3 Å². The number of carbonyl (C=O) groups is 1. The quantitative estimate of drug-likeness (QED) is 0.553. The van der Waals surface area contributed by atoms with E-state index < -0.39 is 5.79 Å². The van der Waals surface area contributed by atoms with Gasteiger partial charge in [0, 0.05) is 0 Å². The zero-order valence-electron chi connectivity index (χ0n) is 16.0. The average molecular weight is 441 g/mol. The van der Waals surface area contributed by atoms with Gasteiger partial charge in [-0.25, -0.2) is 0 Å². The summed E-state index contributed by atoms with van der Waals surface area (Å²) < 4.78 is 13.2.